The van der Waals surface area contributed by atoms with Gasteiger partial charge < -0.3 is 0 Å². The van der Waals surface area contributed by atoms with E-state index in [4.69, 9.17) is 5.84 Å². The summed E-state index contributed by atoms with van der Waals surface area (Å²) in [4.78, 5) is 10.8. The Balaban J connectivity index is 3.58. The Hall–Kier alpha value is -0.480. The monoisotopic (exact) mass is 160 g/mol. The number of thiol groups is 1. The van der Waals surface area contributed by atoms with Crippen molar-refractivity contribution in [3.63, 3.8) is 0 Å². The van der Waals surface area contributed by atoms with Gasteiger partial charge in [0.25, 0.3) is 0 Å². The first-order valence-corrected chi connectivity index (χ1v) is 3.62. The van der Waals surface area contributed by atoms with Crippen LogP contribution in [0.5, 0.6) is 0 Å². The molecule has 0 bridgehead atoms. The van der Waals surface area contributed by atoms with Crippen molar-refractivity contribution >= 4 is 18.5 Å². The van der Waals surface area contributed by atoms with Gasteiger partial charge in [0, 0.05) is 6.42 Å². The van der Waals surface area contributed by atoms with E-state index in [2.05, 4.69) is 19.2 Å². The van der Waals surface area contributed by atoms with E-state index in [0.717, 1.165) is 5.01 Å². The van der Waals surface area contributed by atoms with Gasteiger partial charge >= 0.3 is 0 Å². The molecule has 0 aromatic rings. The largest absolute Gasteiger partial charge is 0.277 e. The highest BCUT2D eigenvalue weighted by molar-refractivity contribution is 7.80. The maximum Gasteiger partial charge on any atom is 0.237 e. The molecule has 0 spiro atoms. The molecule has 0 saturated carbocycles. The third kappa shape index (κ3) is 3.53. The Kier molecular flexibility index (Phi) is 5.06. The lowest BCUT2D eigenvalue weighted by Gasteiger charge is -2.12. The van der Waals surface area contributed by atoms with Crippen molar-refractivity contribution < 1.29 is 4.79 Å². The molecule has 10 heavy (non-hydrogen) atoms. The van der Waals surface area contributed by atoms with E-state index in [-0.39, 0.29) is 5.91 Å². The molecule has 0 aliphatic carbocycles. The van der Waals surface area contributed by atoms with Crippen LogP contribution in [0.1, 0.15) is 6.42 Å². The van der Waals surface area contributed by atoms with Crippen molar-refractivity contribution in [3.8, 4) is 0 Å². The van der Waals surface area contributed by atoms with Crippen LogP contribution in [0.4, 0.5) is 0 Å². The average Bonchev–Trinajstić information content (AvgIpc) is 1.89. The molecule has 0 rings (SSSR count). The van der Waals surface area contributed by atoms with Gasteiger partial charge in [-0.25, -0.2) is 5.84 Å². The summed E-state index contributed by atoms with van der Waals surface area (Å²) in [6.45, 7) is 3.85. The third-order valence-electron chi connectivity index (χ3n) is 0.972. The minimum Gasteiger partial charge on any atom is -0.277 e. The highest BCUT2D eigenvalue weighted by Crippen LogP contribution is 1.89. The normalized spacial score (nSPS) is 9.00. The van der Waals surface area contributed by atoms with Crippen molar-refractivity contribution in [3.05, 3.63) is 12.7 Å². The Morgan fingerprint density at radius 1 is 1.80 bits per heavy atom. The summed E-state index contributed by atoms with van der Waals surface area (Å²) in [6.07, 6.45) is 1.96. The summed E-state index contributed by atoms with van der Waals surface area (Å²) in [5, 5.41) is 1.13. The van der Waals surface area contributed by atoms with E-state index in [9.17, 15) is 4.79 Å². The van der Waals surface area contributed by atoms with Crippen molar-refractivity contribution in [2.75, 3.05) is 12.3 Å². The molecule has 2 N–H and O–H groups in total. The minimum absolute atomic E-state index is 0.102. The summed E-state index contributed by atoms with van der Waals surface area (Å²) in [5.74, 6) is 5.72. The van der Waals surface area contributed by atoms with Gasteiger partial charge in [0.1, 0.15) is 0 Å². The van der Waals surface area contributed by atoms with Gasteiger partial charge in [-0.15, -0.1) is 6.58 Å². The van der Waals surface area contributed by atoms with Crippen LogP contribution in [0.3, 0.4) is 0 Å². The fourth-order valence-corrected chi connectivity index (χ4v) is 0.671. The number of hydrogen-bond donors (Lipinski definition) is 2. The Morgan fingerprint density at radius 3 is 2.80 bits per heavy atom. The van der Waals surface area contributed by atoms with Crippen LogP contribution in [-0.4, -0.2) is 23.2 Å². The number of hydrogen-bond acceptors (Lipinski definition) is 3. The second kappa shape index (κ2) is 5.32. The molecule has 4 heteroatoms. The molecule has 0 heterocycles. The van der Waals surface area contributed by atoms with Gasteiger partial charge in [-0.1, -0.05) is 6.08 Å². The van der Waals surface area contributed by atoms with Crippen LogP contribution in [-0.2, 0) is 4.79 Å². The lowest BCUT2D eigenvalue weighted by molar-refractivity contribution is -0.130. The molecule has 58 valence electrons. The second-order valence-corrected chi connectivity index (χ2v) is 2.26. The second-order valence-electron chi connectivity index (χ2n) is 1.81. The van der Waals surface area contributed by atoms with E-state index in [1.807, 2.05) is 0 Å². The Bertz CT molecular complexity index is 127. The molecule has 3 nitrogen and oxygen atoms in total. The number of rotatable bonds is 4. The van der Waals surface area contributed by atoms with Gasteiger partial charge in [-0.2, -0.15) is 12.6 Å². The number of amides is 1. The quantitative estimate of drug-likeness (QED) is 0.203. The van der Waals surface area contributed by atoms with Gasteiger partial charge in [-0.05, 0) is 5.75 Å². The van der Waals surface area contributed by atoms with E-state index in [1.54, 1.807) is 6.08 Å². The van der Waals surface area contributed by atoms with Gasteiger partial charge in [0.15, 0.2) is 0 Å². The zero-order valence-corrected chi connectivity index (χ0v) is 6.68. The number of nitrogens with two attached hydrogens (primary N) is 1. The Labute approximate surface area is 66.3 Å². The van der Waals surface area contributed by atoms with Crippen molar-refractivity contribution in [2.45, 2.75) is 6.42 Å². The molecule has 0 saturated heterocycles. The lowest BCUT2D eigenvalue weighted by Crippen LogP contribution is -2.37. The molecule has 1 amide bonds. The molecule has 0 fully saturated rings. The fraction of sp³-hybridized carbons (Fsp3) is 0.500. The molecule has 0 unspecified atom stereocenters. The van der Waals surface area contributed by atoms with Crippen molar-refractivity contribution in [1.82, 2.24) is 5.01 Å². The van der Waals surface area contributed by atoms with Crippen molar-refractivity contribution in [1.29, 1.82) is 0 Å². The van der Waals surface area contributed by atoms with Crippen LogP contribution >= 0.6 is 12.6 Å². The molecule has 0 aliphatic heterocycles. The summed E-state index contributed by atoms with van der Waals surface area (Å²) in [6, 6.07) is 0. The maximum absolute atomic E-state index is 10.8. The van der Waals surface area contributed by atoms with Crippen molar-refractivity contribution in [2.24, 2.45) is 5.84 Å². The summed E-state index contributed by atoms with van der Waals surface area (Å²) in [5.41, 5.74) is 0. The smallest absolute Gasteiger partial charge is 0.237 e. The molecular weight excluding hydrogens is 148 g/mol. The summed E-state index contributed by atoms with van der Waals surface area (Å²) in [7, 11) is 0. The minimum atomic E-state index is -0.102. The first-order chi connectivity index (χ1) is 4.72. The first kappa shape index (κ1) is 9.52. The predicted octanol–water partition coefficient (Wildman–Crippen LogP) is 0.195. The van der Waals surface area contributed by atoms with E-state index in [1.165, 1.54) is 0 Å². The van der Waals surface area contributed by atoms with Gasteiger partial charge in [0.2, 0.25) is 5.91 Å². The summed E-state index contributed by atoms with van der Waals surface area (Å²) >= 11 is 3.89. The zero-order chi connectivity index (χ0) is 7.98. The first-order valence-electron chi connectivity index (χ1n) is 2.99. The average molecular weight is 160 g/mol. The topological polar surface area (TPSA) is 46.3 Å². The standard InChI is InChI=1S/C6H12N2OS/c1-2-4-8(7)6(9)3-5-10/h2,10H,1,3-5,7H2. The highest BCUT2D eigenvalue weighted by Gasteiger charge is 2.04. The van der Waals surface area contributed by atoms with Crippen LogP contribution in [0.15, 0.2) is 12.7 Å². The predicted molar refractivity (Wildman–Crippen MR) is 44.6 cm³/mol. The summed E-state index contributed by atoms with van der Waals surface area (Å²) < 4.78 is 0. The number of nitrogens with zero attached hydrogens (tertiary/aromatic N) is 1. The number of hydrazine groups is 1. The molecule has 0 aliphatic rings. The van der Waals surface area contributed by atoms with Crippen LogP contribution in [0, 0.1) is 0 Å². The third-order valence-corrected chi connectivity index (χ3v) is 1.20. The highest BCUT2D eigenvalue weighted by atomic mass is 32.1. The van der Waals surface area contributed by atoms with Crippen LogP contribution < -0.4 is 5.84 Å². The molecule has 0 aromatic carbocycles. The van der Waals surface area contributed by atoms with E-state index >= 15 is 0 Å². The molecular formula is C6H12N2OS. The zero-order valence-electron chi connectivity index (χ0n) is 5.79. The van der Waals surface area contributed by atoms with Crippen LogP contribution in [0.25, 0.3) is 0 Å². The number of carbonyl (C=O) groups is 1. The lowest BCUT2D eigenvalue weighted by atomic mass is 10.4. The van der Waals surface area contributed by atoms with Gasteiger partial charge in [0.05, 0.1) is 6.54 Å². The van der Waals surface area contributed by atoms with E-state index < -0.39 is 0 Å². The molecule has 0 atom stereocenters. The maximum atomic E-state index is 10.8. The SMILES string of the molecule is C=CCN(N)C(=O)CCS. The van der Waals surface area contributed by atoms with Crippen LogP contribution in [0.2, 0.25) is 0 Å². The number of carbonyl (C=O) groups excluding carboxylic acids is 1. The van der Waals surface area contributed by atoms with E-state index in [0.29, 0.717) is 18.7 Å². The Morgan fingerprint density at radius 2 is 2.40 bits per heavy atom. The van der Waals surface area contributed by atoms with Gasteiger partial charge in [-0.3, -0.25) is 9.80 Å². The molecule has 0 radical (unpaired) electrons. The molecule has 0 aromatic heterocycles. The fourth-order valence-electron chi connectivity index (χ4n) is 0.480.